The standard InChI is InChI=1S/C38H57FN5O7P/c1-3-4-5-6-7-8-9-10-11-12-13-14-15-22-47-26-33(48-25-31-17-16-30(24-40)23-34(31)39)28-50-52(45,46)49-27-32-20-21-38(2,51-32)36-19-18-35-37(41)42-29-43-44(35)36/h16-19,23,29,32-33H,3-15,20-22,25-28H2,1-2H3,(H,45,46)(H2,41,42,43)/t32-,33+,38+/m0/s1. The number of nitrogens with zero attached hydrogens (tertiary/aromatic N) is 4. The van der Waals surface area contributed by atoms with Crippen molar-refractivity contribution in [2.45, 2.75) is 135 Å². The predicted molar refractivity (Wildman–Crippen MR) is 197 cm³/mol. The van der Waals surface area contributed by atoms with E-state index in [1.807, 2.05) is 25.1 Å². The van der Waals surface area contributed by atoms with E-state index in [-0.39, 0.29) is 37.6 Å². The van der Waals surface area contributed by atoms with Gasteiger partial charge in [0, 0.05) is 12.2 Å². The molecular formula is C38H57FN5O7P. The zero-order valence-electron chi connectivity index (χ0n) is 30.8. The van der Waals surface area contributed by atoms with Gasteiger partial charge in [-0.25, -0.2) is 18.5 Å². The molecule has 1 aliphatic heterocycles. The number of benzene rings is 1. The highest BCUT2D eigenvalue weighted by Gasteiger charge is 2.41. The van der Waals surface area contributed by atoms with Gasteiger partial charge in [-0.1, -0.05) is 90.0 Å². The molecule has 0 spiro atoms. The molecule has 3 aromatic rings. The van der Waals surface area contributed by atoms with E-state index in [0.29, 0.717) is 30.8 Å². The minimum Gasteiger partial charge on any atom is -0.382 e. The third-order valence-electron chi connectivity index (χ3n) is 9.59. The number of rotatable bonds is 26. The van der Waals surface area contributed by atoms with Crippen LogP contribution in [0.25, 0.3) is 5.52 Å². The molecule has 0 radical (unpaired) electrons. The van der Waals surface area contributed by atoms with Crippen LogP contribution >= 0.6 is 7.82 Å². The van der Waals surface area contributed by atoms with Gasteiger partial charge in [0.2, 0.25) is 0 Å². The number of phosphoric acid groups is 1. The number of aromatic nitrogens is 3. The highest BCUT2D eigenvalue weighted by Crippen LogP contribution is 2.46. The third kappa shape index (κ3) is 13.5. The summed E-state index contributed by atoms with van der Waals surface area (Å²) >= 11 is 0. The van der Waals surface area contributed by atoms with Crippen molar-refractivity contribution in [3.63, 3.8) is 0 Å². The zero-order chi connectivity index (χ0) is 37.2. The van der Waals surface area contributed by atoms with Gasteiger partial charge in [0.05, 0.1) is 49.9 Å². The van der Waals surface area contributed by atoms with Crippen molar-refractivity contribution in [1.29, 1.82) is 5.26 Å². The van der Waals surface area contributed by atoms with Crippen LogP contribution in [0.2, 0.25) is 0 Å². The Kier molecular flexibility index (Phi) is 17.4. The van der Waals surface area contributed by atoms with Crippen LogP contribution in [-0.2, 0) is 40.0 Å². The number of nitrogen functional groups attached to an aromatic ring is 1. The largest absolute Gasteiger partial charge is 0.472 e. The average Bonchev–Trinajstić information content (AvgIpc) is 3.75. The maximum Gasteiger partial charge on any atom is 0.472 e. The summed E-state index contributed by atoms with van der Waals surface area (Å²) in [4.78, 5) is 14.6. The Balaban J connectivity index is 1.18. The van der Waals surface area contributed by atoms with Crippen molar-refractivity contribution in [2.24, 2.45) is 0 Å². The van der Waals surface area contributed by atoms with Crippen LogP contribution in [0.3, 0.4) is 0 Å². The number of nitriles is 1. The Morgan fingerprint density at radius 2 is 1.75 bits per heavy atom. The fourth-order valence-electron chi connectivity index (χ4n) is 6.50. The Hall–Kier alpha value is -2.95. The number of hydrogen-bond donors (Lipinski definition) is 2. The van der Waals surface area contributed by atoms with E-state index in [4.69, 9.17) is 34.3 Å². The van der Waals surface area contributed by atoms with Gasteiger partial charge >= 0.3 is 7.82 Å². The number of anilines is 1. The smallest absolute Gasteiger partial charge is 0.382 e. The maximum atomic E-state index is 14.5. The molecule has 4 atom stereocenters. The molecule has 1 aromatic carbocycles. The molecule has 2 aromatic heterocycles. The van der Waals surface area contributed by atoms with Crippen LogP contribution in [-0.4, -0.2) is 58.1 Å². The summed E-state index contributed by atoms with van der Waals surface area (Å²) in [6.45, 7) is 4.15. The topological polar surface area (TPSA) is 163 Å². The van der Waals surface area contributed by atoms with E-state index in [1.165, 1.54) is 82.7 Å². The Bertz CT molecular complexity index is 1600. The van der Waals surface area contributed by atoms with E-state index in [2.05, 4.69) is 17.0 Å². The van der Waals surface area contributed by atoms with Crippen LogP contribution in [0.1, 0.15) is 127 Å². The second-order valence-electron chi connectivity index (χ2n) is 13.9. The molecule has 0 bridgehead atoms. The lowest BCUT2D eigenvalue weighted by atomic mass is 9.98. The molecule has 4 rings (SSSR count). The summed E-state index contributed by atoms with van der Waals surface area (Å²) in [7, 11) is -4.51. The Morgan fingerprint density at radius 1 is 1.06 bits per heavy atom. The van der Waals surface area contributed by atoms with Gasteiger partial charge in [-0.3, -0.25) is 9.05 Å². The molecule has 52 heavy (non-hydrogen) atoms. The van der Waals surface area contributed by atoms with E-state index >= 15 is 0 Å². The molecule has 12 nitrogen and oxygen atoms in total. The summed E-state index contributed by atoms with van der Waals surface area (Å²) in [5.41, 5.74) is 7.18. The van der Waals surface area contributed by atoms with E-state index in [9.17, 15) is 13.8 Å². The fourth-order valence-corrected chi connectivity index (χ4v) is 7.28. The number of hydrogen-bond acceptors (Lipinski definition) is 10. The Labute approximate surface area is 307 Å². The molecule has 3 N–H and O–H groups in total. The van der Waals surface area contributed by atoms with Gasteiger partial charge in [0.1, 0.15) is 29.4 Å². The second-order valence-corrected chi connectivity index (χ2v) is 15.4. The SMILES string of the molecule is CCCCCCCCCCCCCCCOC[C@H](COP(=O)(O)OC[C@@H]1CC[C@](C)(c2ccc3c(N)ncnn23)O1)OCc1ccc(C#N)cc1F. The predicted octanol–water partition coefficient (Wildman–Crippen LogP) is 8.54. The summed E-state index contributed by atoms with van der Waals surface area (Å²) in [5.74, 6) is -0.217. The number of unbranched alkanes of at least 4 members (excludes halogenated alkanes) is 12. The molecule has 0 saturated carbocycles. The fraction of sp³-hybridized carbons (Fsp3) is 0.658. The van der Waals surface area contributed by atoms with Gasteiger partial charge in [0.15, 0.2) is 5.82 Å². The molecule has 1 unspecified atom stereocenters. The number of fused-ring (bicyclic) bond motifs is 1. The van der Waals surface area contributed by atoms with E-state index in [1.54, 1.807) is 4.52 Å². The van der Waals surface area contributed by atoms with Crippen molar-refractivity contribution in [1.82, 2.24) is 14.6 Å². The third-order valence-corrected chi connectivity index (χ3v) is 10.5. The number of halogens is 1. The summed E-state index contributed by atoms with van der Waals surface area (Å²) < 4.78 is 57.8. The van der Waals surface area contributed by atoms with Crippen molar-refractivity contribution in [3.05, 3.63) is 59.3 Å². The molecule has 0 aliphatic carbocycles. The highest BCUT2D eigenvalue weighted by molar-refractivity contribution is 7.47. The van der Waals surface area contributed by atoms with Gasteiger partial charge in [-0.05, 0) is 50.5 Å². The lowest BCUT2D eigenvalue weighted by Crippen LogP contribution is -2.27. The molecule has 288 valence electrons. The highest BCUT2D eigenvalue weighted by atomic mass is 31.2. The normalized spacial score (nSPS) is 19.2. The van der Waals surface area contributed by atoms with Gasteiger partial charge in [-0.15, -0.1) is 0 Å². The van der Waals surface area contributed by atoms with Crippen LogP contribution in [0.4, 0.5) is 10.2 Å². The maximum absolute atomic E-state index is 14.5. The quantitative estimate of drug-likeness (QED) is 0.0598. The number of ether oxygens (including phenoxy) is 3. The van der Waals surface area contributed by atoms with E-state index < -0.39 is 31.4 Å². The first-order valence-corrected chi connectivity index (χ1v) is 20.4. The molecule has 1 aliphatic rings. The summed E-state index contributed by atoms with van der Waals surface area (Å²) in [6, 6.07) is 9.75. The minimum absolute atomic E-state index is 0.0829. The van der Waals surface area contributed by atoms with E-state index in [0.717, 1.165) is 31.0 Å². The second kappa shape index (κ2) is 21.7. The van der Waals surface area contributed by atoms with Gasteiger partial charge in [-0.2, -0.15) is 10.4 Å². The van der Waals surface area contributed by atoms with Crippen LogP contribution in [0.5, 0.6) is 0 Å². The summed E-state index contributed by atoms with van der Waals surface area (Å²) in [6.07, 6.45) is 17.6. The van der Waals surface area contributed by atoms with Crippen LogP contribution in [0.15, 0.2) is 36.7 Å². The monoisotopic (exact) mass is 745 g/mol. The van der Waals surface area contributed by atoms with Gasteiger partial charge in [0.25, 0.3) is 0 Å². The first-order valence-electron chi connectivity index (χ1n) is 18.9. The van der Waals surface area contributed by atoms with Crippen LogP contribution in [0, 0.1) is 17.1 Å². The Morgan fingerprint density at radius 3 is 2.42 bits per heavy atom. The first kappa shape index (κ1) is 41.8. The zero-order valence-corrected chi connectivity index (χ0v) is 31.7. The van der Waals surface area contributed by atoms with Crippen LogP contribution < -0.4 is 5.73 Å². The minimum atomic E-state index is -4.51. The number of nitrogens with two attached hydrogens (primary N) is 1. The molecular weight excluding hydrogens is 688 g/mol. The lowest BCUT2D eigenvalue weighted by Gasteiger charge is -2.25. The van der Waals surface area contributed by atoms with Gasteiger partial charge < -0.3 is 24.8 Å². The van der Waals surface area contributed by atoms with Crippen molar-refractivity contribution in [2.75, 3.05) is 32.2 Å². The molecule has 3 heterocycles. The molecule has 1 fully saturated rings. The van der Waals surface area contributed by atoms with Crippen molar-refractivity contribution in [3.8, 4) is 6.07 Å². The lowest BCUT2D eigenvalue weighted by molar-refractivity contribution is -0.0637. The molecule has 0 amide bonds. The van der Waals surface area contributed by atoms with Crippen molar-refractivity contribution < 1.29 is 37.1 Å². The number of phosphoric ester groups is 1. The summed E-state index contributed by atoms with van der Waals surface area (Å²) in [5, 5.41) is 13.4. The molecule has 14 heteroatoms. The molecule has 1 saturated heterocycles. The first-order chi connectivity index (χ1) is 25.1. The van der Waals surface area contributed by atoms with Crippen molar-refractivity contribution >= 4 is 19.2 Å². The average molecular weight is 746 g/mol.